The van der Waals surface area contributed by atoms with Gasteiger partial charge in [-0.1, -0.05) is 12.2 Å². The van der Waals surface area contributed by atoms with Gasteiger partial charge in [-0.15, -0.1) is 0 Å². The Hall–Kier alpha value is -0.740. The second-order valence-electron chi connectivity index (χ2n) is 4.05. The summed E-state index contributed by atoms with van der Waals surface area (Å²) in [6, 6.07) is 0. The van der Waals surface area contributed by atoms with Crippen LogP contribution in [0.2, 0.25) is 0 Å². The predicted molar refractivity (Wildman–Crippen MR) is 61.6 cm³/mol. The van der Waals surface area contributed by atoms with Crippen molar-refractivity contribution in [2.45, 2.75) is 38.7 Å². The minimum Gasteiger partial charge on any atom is -0.381 e. The Balaban J connectivity index is 2.28. The van der Waals surface area contributed by atoms with Crippen LogP contribution in [0.25, 0.3) is 0 Å². The number of hydrogen-bond acceptors (Lipinski definition) is 3. The van der Waals surface area contributed by atoms with Crippen LogP contribution >= 0.6 is 12.2 Å². The van der Waals surface area contributed by atoms with Crippen LogP contribution in [0.5, 0.6) is 0 Å². The van der Waals surface area contributed by atoms with E-state index in [0.717, 1.165) is 29.7 Å². The predicted octanol–water partition coefficient (Wildman–Crippen LogP) is 2.21. The normalized spacial score (nSPS) is 16.4. The Labute approximate surface area is 94.9 Å². The number of methoxy groups -OCH3 is 1. The SMILES string of the molecule is COC(C)Cc1nc(=S)c2c([nH]1)CCC2. The molecule has 0 fully saturated rings. The molecular formula is C11H16N2OS. The van der Waals surface area contributed by atoms with E-state index in [-0.39, 0.29) is 6.10 Å². The summed E-state index contributed by atoms with van der Waals surface area (Å²) in [5.41, 5.74) is 2.53. The number of ether oxygens (including phenoxy) is 1. The van der Waals surface area contributed by atoms with E-state index in [4.69, 9.17) is 17.0 Å². The highest BCUT2D eigenvalue weighted by Gasteiger charge is 2.15. The Kier molecular flexibility index (Phi) is 3.17. The van der Waals surface area contributed by atoms with E-state index in [1.54, 1.807) is 7.11 Å². The summed E-state index contributed by atoms with van der Waals surface area (Å²) in [5.74, 6) is 0.954. The van der Waals surface area contributed by atoms with Gasteiger partial charge in [0.15, 0.2) is 0 Å². The lowest BCUT2D eigenvalue weighted by Crippen LogP contribution is -2.12. The molecular weight excluding hydrogens is 208 g/mol. The van der Waals surface area contributed by atoms with Gasteiger partial charge < -0.3 is 9.72 Å². The number of nitrogens with one attached hydrogen (secondary N) is 1. The van der Waals surface area contributed by atoms with Crippen molar-refractivity contribution in [2.75, 3.05) is 7.11 Å². The molecule has 4 heteroatoms. The molecule has 1 N–H and O–H groups in total. The summed E-state index contributed by atoms with van der Waals surface area (Å²) in [5, 5.41) is 0. The summed E-state index contributed by atoms with van der Waals surface area (Å²) in [7, 11) is 1.71. The van der Waals surface area contributed by atoms with Crippen molar-refractivity contribution in [2.24, 2.45) is 0 Å². The number of aromatic nitrogens is 2. The number of aromatic amines is 1. The van der Waals surface area contributed by atoms with E-state index in [2.05, 4.69) is 9.97 Å². The van der Waals surface area contributed by atoms with E-state index in [0.29, 0.717) is 0 Å². The van der Waals surface area contributed by atoms with Crippen molar-refractivity contribution in [3.63, 3.8) is 0 Å². The average molecular weight is 224 g/mol. The van der Waals surface area contributed by atoms with Gasteiger partial charge in [0, 0.05) is 24.8 Å². The molecule has 0 aliphatic heterocycles. The van der Waals surface area contributed by atoms with Gasteiger partial charge in [0.05, 0.1) is 6.10 Å². The van der Waals surface area contributed by atoms with E-state index in [1.807, 2.05) is 6.92 Å². The van der Waals surface area contributed by atoms with Crippen molar-refractivity contribution < 1.29 is 4.74 Å². The number of aryl methyl sites for hydroxylation is 1. The Morgan fingerprint density at radius 2 is 2.33 bits per heavy atom. The van der Waals surface area contributed by atoms with Gasteiger partial charge in [-0.3, -0.25) is 0 Å². The van der Waals surface area contributed by atoms with Gasteiger partial charge in [-0.05, 0) is 26.2 Å². The lowest BCUT2D eigenvalue weighted by atomic mass is 10.2. The fourth-order valence-corrected chi connectivity index (χ4v) is 2.30. The molecule has 0 saturated heterocycles. The molecule has 1 aromatic heterocycles. The Morgan fingerprint density at radius 3 is 3.07 bits per heavy atom. The highest BCUT2D eigenvalue weighted by Crippen LogP contribution is 2.20. The molecule has 3 nitrogen and oxygen atoms in total. The van der Waals surface area contributed by atoms with Crippen molar-refractivity contribution in [1.29, 1.82) is 0 Å². The highest BCUT2D eigenvalue weighted by molar-refractivity contribution is 7.71. The minimum absolute atomic E-state index is 0.183. The van der Waals surface area contributed by atoms with Crippen LogP contribution in [0.4, 0.5) is 0 Å². The van der Waals surface area contributed by atoms with E-state index >= 15 is 0 Å². The summed E-state index contributed by atoms with van der Waals surface area (Å²) in [6.45, 7) is 2.03. The summed E-state index contributed by atoms with van der Waals surface area (Å²) in [4.78, 5) is 7.79. The molecule has 2 rings (SSSR count). The standard InChI is InChI=1S/C11H16N2OS/c1-7(14-2)6-10-12-9-5-3-4-8(9)11(15)13-10/h7H,3-6H2,1-2H3,(H,12,13,15). The second-order valence-corrected chi connectivity index (χ2v) is 4.44. The monoisotopic (exact) mass is 224 g/mol. The maximum Gasteiger partial charge on any atom is 0.133 e. The molecule has 1 unspecified atom stereocenters. The van der Waals surface area contributed by atoms with E-state index < -0.39 is 0 Å². The molecule has 0 aromatic carbocycles. The molecule has 0 radical (unpaired) electrons. The molecule has 1 aromatic rings. The first-order chi connectivity index (χ1) is 7.20. The smallest absolute Gasteiger partial charge is 0.133 e. The van der Waals surface area contributed by atoms with Crippen molar-refractivity contribution >= 4 is 12.2 Å². The van der Waals surface area contributed by atoms with Crippen LogP contribution in [-0.4, -0.2) is 23.2 Å². The molecule has 0 saturated carbocycles. The number of fused-ring (bicyclic) bond motifs is 1. The fraction of sp³-hybridized carbons (Fsp3) is 0.636. The third-order valence-corrected chi connectivity index (χ3v) is 3.23. The molecule has 1 atom stereocenters. The first-order valence-corrected chi connectivity index (χ1v) is 5.75. The number of hydrogen-bond donors (Lipinski definition) is 1. The molecule has 1 heterocycles. The topological polar surface area (TPSA) is 37.9 Å². The lowest BCUT2D eigenvalue weighted by molar-refractivity contribution is 0.117. The Bertz CT molecular complexity index is 414. The summed E-state index contributed by atoms with van der Waals surface area (Å²) >= 11 is 5.28. The molecule has 0 spiro atoms. The van der Waals surface area contributed by atoms with E-state index in [9.17, 15) is 0 Å². The maximum absolute atomic E-state index is 5.28. The lowest BCUT2D eigenvalue weighted by Gasteiger charge is -2.10. The highest BCUT2D eigenvalue weighted by atomic mass is 32.1. The molecule has 0 bridgehead atoms. The van der Waals surface area contributed by atoms with Gasteiger partial charge in [-0.2, -0.15) is 0 Å². The van der Waals surface area contributed by atoms with Gasteiger partial charge in [0.25, 0.3) is 0 Å². The quantitative estimate of drug-likeness (QED) is 0.800. The maximum atomic E-state index is 5.28. The van der Waals surface area contributed by atoms with Crippen LogP contribution in [-0.2, 0) is 24.0 Å². The van der Waals surface area contributed by atoms with E-state index in [1.165, 1.54) is 17.7 Å². The third-order valence-electron chi connectivity index (χ3n) is 2.89. The molecule has 15 heavy (non-hydrogen) atoms. The van der Waals surface area contributed by atoms with Gasteiger partial charge in [0.2, 0.25) is 0 Å². The first-order valence-electron chi connectivity index (χ1n) is 5.34. The van der Waals surface area contributed by atoms with Crippen molar-refractivity contribution in [1.82, 2.24) is 9.97 Å². The molecule has 1 aliphatic rings. The van der Waals surface area contributed by atoms with Gasteiger partial charge in [-0.25, -0.2) is 4.98 Å². The van der Waals surface area contributed by atoms with Crippen LogP contribution in [0.15, 0.2) is 0 Å². The second kappa shape index (κ2) is 4.41. The van der Waals surface area contributed by atoms with Crippen LogP contribution < -0.4 is 0 Å². The first kappa shape index (κ1) is 10.8. The zero-order valence-electron chi connectivity index (χ0n) is 9.17. The van der Waals surface area contributed by atoms with Crippen LogP contribution in [0, 0.1) is 4.64 Å². The molecule has 1 aliphatic carbocycles. The van der Waals surface area contributed by atoms with Crippen molar-refractivity contribution in [3.8, 4) is 0 Å². The number of nitrogens with zero attached hydrogens (tertiary/aromatic N) is 1. The molecule has 82 valence electrons. The zero-order chi connectivity index (χ0) is 10.8. The van der Waals surface area contributed by atoms with Crippen molar-refractivity contribution in [3.05, 3.63) is 21.7 Å². The van der Waals surface area contributed by atoms with Gasteiger partial charge >= 0.3 is 0 Å². The van der Waals surface area contributed by atoms with Gasteiger partial charge in [0.1, 0.15) is 10.5 Å². The number of rotatable bonds is 3. The average Bonchev–Trinajstić information content (AvgIpc) is 2.66. The Morgan fingerprint density at radius 1 is 1.53 bits per heavy atom. The van der Waals surface area contributed by atoms with Crippen LogP contribution in [0.1, 0.15) is 30.4 Å². The minimum atomic E-state index is 0.183. The largest absolute Gasteiger partial charge is 0.381 e. The fourth-order valence-electron chi connectivity index (χ4n) is 1.96. The van der Waals surface area contributed by atoms with Crippen LogP contribution in [0.3, 0.4) is 0 Å². The summed E-state index contributed by atoms with van der Waals surface area (Å²) < 4.78 is 6.00. The summed E-state index contributed by atoms with van der Waals surface area (Å²) in [6.07, 6.45) is 4.37. The zero-order valence-corrected chi connectivity index (χ0v) is 9.99. The number of H-pyrrole nitrogens is 1. The third kappa shape index (κ3) is 2.26. The molecule has 0 amide bonds.